The minimum absolute atomic E-state index is 0.0647. The quantitative estimate of drug-likeness (QED) is 0.562. The Morgan fingerprint density at radius 3 is 2.45 bits per heavy atom. The number of ether oxygens (including phenoxy) is 1. The summed E-state index contributed by atoms with van der Waals surface area (Å²) >= 11 is 0. The van der Waals surface area contributed by atoms with Gasteiger partial charge in [-0.3, -0.25) is 0 Å². The highest BCUT2D eigenvalue weighted by Gasteiger charge is 2.37. The van der Waals surface area contributed by atoms with Gasteiger partial charge in [-0.1, -0.05) is 0 Å². The summed E-state index contributed by atoms with van der Waals surface area (Å²) in [6.07, 6.45) is -0.903. The van der Waals surface area contributed by atoms with Crippen molar-refractivity contribution < 1.29 is 17.9 Å². The van der Waals surface area contributed by atoms with Crippen LogP contribution in [0.1, 0.15) is 6.92 Å². The van der Waals surface area contributed by atoms with Crippen molar-refractivity contribution in [2.45, 2.75) is 13.0 Å². The van der Waals surface area contributed by atoms with E-state index >= 15 is 0 Å². The van der Waals surface area contributed by atoms with Crippen LogP contribution in [0.25, 0.3) is 0 Å². The molecular weight excluding hydrogens is 172 g/mol. The van der Waals surface area contributed by atoms with Crippen LogP contribution in [0.5, 0.6) is 0 Å². The van der Waals surface area contributed by atoms with Crippen molar-refractivity contribution in [3.63, 3.8) is 0 Å². The van der Waals surface area contributed by atoms with Crippen molar-refractivity contribution in [1.82, 2.24) is 4.31 Å². The zero-order valence-corrected chi connectivity index (χ0v) is 6.67. The van der Waals surface area contributed by atoms with Crippen molar-refractivity contribution >= 4 is 16.3 Å². The minimum Gasteiger partial charge on any atom is -0.446 e. The summed E-state index contributed by atoms with van der Waals surface area (Å²) in [5.41, 5.74) is 0. The van der Waals surface area contributed by atoms with Crippen molar-refractivity contribution in [2.75, 3.05) is 6.61 Å². The van der Waals surface area contributed by atoms with E-state index in [9.17, 15) is 13.2 Å². The molecule has 1 heterocycles. The Kier molecular flexibility index (Phi) is 1.77. The maximum atomic E-state index is 10.7. The molecule has 0 aromatic carbocycles. The second-order valence-electron chi connectivity index (χ2n) is 2.27. The van der Waals surface area contributed by atoms with Crippen LogP contribution in [0.3, 0.4) is 0 Å². The molecule has 1 unspecified atom stereocenters. The summed E-state index contributed by atoms with van der Waals surface area (Å²) in [7, 11) is -3.94. The smallest absolute Gasteiger partial charge is 0.425 e. The molecule has 0 bridgehead atoms. The molecule has 1 atom stereocenters. The second-order valence-corrected chi connectivity index (χ2v) is 3.69. The van der Waals surface area contributed by atoms with Crippen LogP contribution >= 0.6 is 0 Å². The molecule has 1 amide bonds. The first-order chi connectivity index (χ1) is 4.93. The Labute approximate surface area is 64.1 Å². The summed E-state index contributed by atoms with van der Waals surface area (Å²) in [5.74, 6) is 0. The molecule has 1 fully saturated rings. The average Bonchev–Trinajstić information content (AvgIpc) is 2.08. The first kappa shape index (κ1) is 8.28. The number of hydrogen-bond donors (Lipinski definition) is 1. The molecule has 7 heteroatoms. The average molecular weight is 180 g/mol. The molecule has 0 saturated carbocycles. The topological polar surface area (TPSA) is 89.7 Å². The van der Waals surface area contributed by atoms with Gasteiger partial charge in [-0.25, -0.2) is 9.93 Å². The SMILES string of the molecule is CC1COC(=O)N1S(N)(=O)=O. The highest BCUT2D eigenvalue weighted by Crippen LogP contribution is 2.13. The highest BCUT2D eigenvalue weighted by atomic mass is 32.2. The standard InChI is InChI=1S/C4H8N2O4S/c1-3-2-10-4(7)6(3)11(5,8)9/h3H,2H2,1H3,(H2,5,8,9). The van der Waals surface area contributed by atoms with E-state index < -0.39 is 22.3 Å². The summed E-state index contributed by atoms with van der Waals surface area (Å²) in [4.78, 5) is 10.7. The largest absolute Gasteiger partial charge is 0.446 e. The fourth-order valence-electron chi connectivity index (χ4n) is 0.858. The molecule has 64 valence electrons. The molecule has 6 nitrogen and oxygen atoms in total. The second kappa shape index (κ2) is 2.35. The van der Waals surface area contributed by atoms with Crippen LogP contribution in [0.4, 0.5) is 4.79 Å². The molecule has 1 rings (SSSR count). The number of nitrogens with two attached hydrogens (primary N) is 1. The predicted molar refractivity (Wildman–Crippen MR) is 35.8 cm³/mol. The van der Waals surface area contributed by atoms with Gasteiger partial charge in [0.15, 0.2) is 0 Å². The monoisotopic (exact) mass is 180 g/mol. The molecule has 1 aliphatic heterocycles. The van der Waals surface area contributed by atoms with Gasteiger partial charge in [0.05, 0.1) is 6.04 Å². The fourth-order valence-corrected chi connectivity index (χ4v) is 1.68. The van der Waals surface area contributed by atoms with Gasteiger partial charge in [0.25, 0.3) is 0 Å². The third kappa shape index (κ3) is 1.43. The Hall–Kier alpha value is -0.820. The van der Waals surface area contributed by atoms with E-state index in [1.807, 2.05) is 0 Å². The molecule has 0 aromatic rings. The van der Waals surface area contributed by atoms with Gasteiger partial charge in [-0.15, -0.1) is 0 Å². The Morgan fingerprint density at radius 1 is 1.73 bits per heavy atom. The van der Waals surface area contributed by atoms with Crippen LogP contribution < -0.4 is 5.14 Å². The molecule has 11 heavy (non-hydrogen) atoms. The Morgan fingerprint density at radius 2 is 2.27 bits per heavy atom. The summed E-state index contributed by atoms with van der Waals surface area (Å²) in [6.45, 7) is 1.60. The molecule has 0 radical (unpaired) electrons. The highest BCUT2D eigenvalue weighted by molar-refractivity contribution is 7.87. The minimum atomic E-state index is -3.94. The lowest BCUT2D eigenvalue weighted by molar-refractivity contribution is 0.170. The van der Waals surface area contributed by atoms with E-state index in [0.29, 0.717) is 4.31 Å². The van der Waals surface area contributed by atoms with E-state index in [1.165, 1.54) is 6.92 Å². The normalized spacial score (nSPS) is 25.5. The summed E-state index contributed by atoms with van der Waals surface area (Å²) < 4.78 is 26.3. The van der Waals surface area contributed by atoms with Gasteiger partial charge in [0.2, 0.25) is 0 Å². The van der Waals surface area contributed by atoms with Gasteiger partial charge in [-0.2, -0.15) is 12.7 Å². The summed E-state index contributed by atoms with van der Waals surface area (Å²) in [6, 6.07) is -0.502. The van der Waals surface area contributed by atoms with E-state index in [0.717, 1.165) is 0 Å². The molecule has 0 spiro atoms. The molecular formula is C4H8N2O4S. The predicted octanol–water partition coefficient (Wildman–Crippen LogP) is -0.969. The van der Waals surface area contributed by atoms with E-state index in [2.05, 4.69) is 4.74 Å². The van der Waals surface area contributed by atoms with Crippen LogP contribution in [0, 0.1) is 0 Å². The zero-order valence-electron chi connectivity index (χ0n) is 5.85. The lowest BCUT2D eigenvalue weighted by Gasteiger charge is -2.13. The van der Waals surface area contributed by atoms with Crippen LogP contribution in [-0.2, 0) is 14.9 Å². The lowest BCUT2D eigenvalue weighted by atomic mass is 10.4. The van der Waals surface area contributed by atoms with Crippen LogP contribution in [0.15, 0.2) is 0 Å². The number of rotatable bonds is 1. The zero-order chi connectivity index (χ0) is 8.65. The molecule has 1 aliphatic rings. The van der Waals surface area contributed by atoms with E-state index in [-0.39, 0.29) is 6.61 Å². The Bertz CT molecular complexity index is 272. The first-order valence-corrected chi connectivity index (χ1v) is 4.42. The van der Waals surface area contributed by atoms with Gasteiger partial charge >= 0.3 is 16.3 Å². The third-order valence-electron chi connectivity index (χ3n) is 1.30. The number of cyclic esters (lactones) is 1. The van der Waals surface area contributed by atoms with Crippen molar-refractivity contribution in [1.29, 1.82) is 0 Å². The number of carbonyl (C=O) groups excluding carboxylic acids is 1. The maximum Gasteiger partial charge on any atom is 0.425 e. The maximum absolute atomic E-state index is 10.7. The Balaban J connectivity index is 2.95. The van der Waals surface area contributed by atoms with Crippen molar-refractivity contribution in [3.8, 4) is 0 Å². The van der Waals surface area contributed by atoms with Crippen molar-refractivity contribution in [2.24, 2.45) is 5.14 Å². The number of amides is 1. The first-order valence-electron chi connectivity index (χ1n) is 2.92. The lowest BCUT2D eigenvalue weighted by Crippen LogP contribution is -2.41. The van der Waals surface area contributed by atoms with Gasteiger partial charge in [0.1, 0.15) is 6.61 Å². The number of hydrogen-bond acceptors (Lipinski definition) is 4. The summed E-state index contributed by atoms with van der Waals surface area (Å²) in [5, 5.41) is 4.72. The van der Waals surface area contributed by atoms with Crippen LogP contribution in [0.2, 0.25) is 0 Å². The van der Waals surface area contributed by atoms with Gasteiger partial charge < -0.3 is 4.74 Å². The van der Waals surface area contributed by atoms with Crippen LogP contribution in [-0.4, -0.2) is 31.5 Å². The number of nitrogens with zero attached hydrogens (tertiary/aromatic N) is 1. The molecule has 0 aliphatic carbocycles. The van der Waals surface area contributed by atoms with Gasteiger partial charge in [0, 0.05) is 0 Å². The third-order valence-corrected chi connectivity index (χ3v) is 2.36. The molecule has 2 N–H and O–H groups in total. The van der Waals surface area contributed by atoms with E-state index in [1.54, 1.807) is 0 Å². The fraction of sp³-hybridized carbons (Fsp3) is 0.750. The van der Waals surface area contributed by atoms with E-state index in [4.69, 9.17) is 5.14 Å². The molecule has 1 saturated heterocycles. The number of carbonyl (C=O) groups is 1. The van der Waals surface area contributed by atoms with Gasteiger partial charge in [-0.05, 0) is 6.92 Å². The molecule has 0 aromatic heterocycles. The van der Waals surface area contributed by atoms with Crippen molar-refractivity contribution in [3.05, 3.63) is 0 Å².